The van der Waals surface area contributed by atoms with E-state index in [0.717, 1.165) is 0 Å². The van der Waals surface area contributed by atoms with Gasteiger partial charge in [0.2, 0.25) is 0 Å². The molecule has 0 rings (SSSR count). The molecule has 0 saturated heterocycles. The van der Waals surface area contributed by atoms with Gasteiger partial charge in [-0.15, -0.1) is 0 Å². The number of aliphatic hydroxyl groups is 1. The monoisotopic (exact) mass is 178 g/mol. The van der Waals surface area contributed by atoms with Crippen molar-refractivity contribution in [3.63, 3.8) is 0 Å². The standard InChI is InChI=1S/C7H11ClO3/c1-6(7(10)11-8)4-2-3-5-9/h4,9H,2-3,5H2,1H3. The summed E-state index contributed by atoms with van der Waals surface area (Å²) in [5.41, 5.74) is 0.466. The molecule has 0 aromatic rings. The molecule has 0 heterocycles. The van der Waals surface area contributed by atoms with Crippen LogP contribution in [0.5, 0.6) is 0 Å². The molecule has 3 nitrogen and oxygen atoms in total. The molecule has 0 aliphatic rings. The largest absolute Gasteiger partial charge is 0.396 e. The molecule has 0 bridgehead atoms. The van der Waals surface area contributed by atoms with Gasteiger partial charge in [-0.2, -0.15) is 0 Å². The zero-order chi connectivity index (χ0) is 8.69. The number of allylic oxidation sites excluding steroid dienone is 1. The van der Waals surface area contributed by atoms with Gasteiger partial charge in [-0.3, -0.25) is 0 Å². The quantitative estimate of drug-likeness (QED) is 0.523. The first-order chi connectivity index (χ1) is 5.22. The third-order valence-electron chi connectivity index (χ3n) is 1.20. The third kappa shape index (κ3) is 4.81. The molecule has 11 heavy (non-hydrogen) atoms. The maximum absolute atomic E-state index is 10.6. The van der Waals surface area contributed by atoms with Crippen LogP contribution in [-0.4, -0.2) is 17.7 Å². The normalized spacial score (nSPS) is 11.4. The topological polar surface area (TPSA) is 46.5 Å². The molecule has 1 N–H and O–H groups in total. The number of carbonyl (C=O) groups excluding carboxylic acids is 1. The zero-order valence-electron chi connectivity index (χ0n) is 6.34. The minimum Gasteiger partial charge on any atom is -0.396 e. The van der Waals surface area contributed by atoms with Crippen molar-refractivity contribution in [3.05, 3.63) is 11.6 Å². The van der Waals surface area contributed by atoms with Crippen molar-refractivity contribution in [2.24, 2.45) is 0 Å². The Morgan fingerprint density at radius 2 is 2.36 bits per heavy atom. The van der Waals surface area contributed by atoms with E-state index in [1.165, 1.54) is 0 Å². The van der Waals surface area contributed by atoms with Crippen LogP contribution in [0.4, 0.5) is 0 Å². The van der Waals surface area contributed by atoms with Crippen LogP contribution in [0.2, 0.25) is 0 Å². The molecular formula is C7H11ClO3. The van der Waals surface area contributed by atoms with Crippen molar-refractivity contribution < 1.29 is 14.2 Å². The van der Waals surface area contributed by atoms with Gasteiger partial charge in [-0.05, 0) is 19.8 Å². The van der Waals surface area contributed by atoms with Crippen molar-refractivity contribution in [2.45, 2.75) is 19.8 Å². The number of aliphatic hydroxyl groups excluding tert-OH is 1. The first kappa shape index (κ1) is 10.5. The lowest BCUT2D eigenvalue weighted by molar-refractivity contribution is -0.129. The molecule has 0 fully saturated rings. The van der Waals surface area contributed by atoms with Crippen LogP contribution >= 0.6 is 11.9 Å². The van der Waals surface area contributed by atoms with Gasteiger partial charge in [-0.25, -0.2) is 4.79 Å². The zero-order valence-corrected chi connectivity index (χ0v) is 7.10. The van der Waals surface area contributed by atoms with Crippen molar-refractivity contribution in [1.29, 1.82) is 0 Å². The molecular weight excluding hydrogens is 168 g/mol. The van der Waals surface area contributed by atoms with E-state index >= 15 is 0 Å². The van der Waals surface area contributed by atoms with Gasteiger partial charge in [0.15, 0.2) is 0 Å². The van der Waals surface area contributed by atoms with Crippen LogP contribution in [0, 0.1) is 0 Å². The number of unbranched alkanes of at least 4 members (excludes halogenated alkanes) is 1. The Morgan fingerprint density at radius 1 is 1.73 bits per heavy atom. The second-order valence-electron chi connectivity index (χ2n) is 2.12. The summed E-state index contributed by atoms with van der Waals surface area (Å²) < 4.78 is 3.95. The van der Waals surface area contributed by atoms with Crippen LogP contribution in [0.1, 0.15) is 19.8 Å². The van der Waals surface area contributed by atoms with Gasteiger partial charge in [0.25, 0.3) is 0 Å². The van der Waals surface area contributed by atoms with Crippen molar-refractivity contribution in [1.82, 2.24) is 0 Å². The summed E-state index contributed by atoms with van der Waals surface area (Å²) in [5.74, 6) is -0.537. The van der Waals surface area contributed by atoms with Crippen LogP contribution in [0.3, 0.4) is 0 Å². The summed E-state index contributed by atoms with van der Waals surface area (Å²) in [4.78, 5) is 10.6. The summed E-state index contributed by atoms with van der Waals surface area (Å²) in [5, 5.41) is 8.40. The Kier molecular flexibility index (Phi) is 5.88. The maximum atomic E-state index is 10.6. The maximum Gasteiger partial charge on any atom is 0.351 e. The minimum absolute atomic E-state index is 0.125. The van der Waals surface area contributed by atoms with E-state index < -0.39 is 5.97 Å². The highest BCUT2D eigenvalue weighted by Crippen LogP contribution is 2.01. The molecule has 0 aliphatic heterocycles. The van der Waals surface area contributed by atoms with E-state index in [2.05, 4.69) is 4.29 Å². The summed E-state index contributed by atoms with van der Waals surface area (Å²) in [6.07, 6.45) is 2.99. The Hall–Kier alpha value is -0.540. The van der Waals surface area contributed by atoms with E-state index in [1.807, 2.05) is 0 Å². The van der Waals surface area contributed by atoms with E-state index in [0.29, 0.717) is 18.4 Å². The lowest BCUT2D eigenvalue weighted by Gasteiger charge is -1.94. The molecule has 0 atom stereocenters. The number of hydrogen-bond donors (Lipinski definition) is 1. The van der Waals surface area contributed by atoms with Gasteiger partial charge in [0, 0.05) is 12.2 Å². The fourth-order valence-corrected chi connectivity index (χ4v) is 0.676. The van der Waals surface area contributed by atoms with Gasteiger partial charge in [-0.1, -0.05) is 6.08 Å². The molecule has 64 valence electrons. The molecule has 4 heteroatoms. The highest BCUT2D eigenvalue weighted by atomic mass is 35.5. The Morgan fingerprint density at radius 3 is 2.82 bits per heavy atom. The lowest BCUT2D eigenvalue weighted by atomic mass is 10.2. The van der Waals surface area contributed by atoms with E-state index in [9.17, 15) is 4.79 Å². The summed E-state index contributed by atoms with van der Waals surface area (Å²) in [6.45, 7) is 1.74. The van der Waals surface area contributed by atoms with E-state index in [1.54, 1.807) is 13.0 Å². The molecule has 0 aliphatic carbocycles. The molecule has 0 aromatic heterocycles. The third-order valence-corrected chi connectivity index (χ3v) is 1.34. The number of rotatable bonds is 4. The molecule has 0 saturated carbocycles. The first-order valence-electron chi connectivity index (χ1n) is 3.33. The van der Waals surface area contributed by atoms with Crippen molar-refractivity contribution in [2.75, 3.05) is 6.61 Å². The second kappa shape index (κ2) is 6.19. The molecule has 0 amide bonds. The lowest BCUT2D eigenvalue weighted by Crippen LogP contribution is -1.97. The fourth-order valence-electron chi connectivity index (χ4n) is 0.554. The van der Waals surface area contributed by atoms with Gasteiger partial charge in [0.1, 0.15) is 11.9 Å². The van der Waals surface area contributed by atoms with Gasteiger partial charge >= 0.3 is 5.97 Å². The van der Waals surface area contributed by atoms with Gasteiger partial charge in [0.05, 0.1) is 0 Å². The first-order valence-corrected chi connectivity index (χ1v) is 3.63. The molecule has 0 radical (unpaired) electrons. The van der Waals surface area contributed by atoms with Crippen LogP contribution in [-0.2, 0) is 9.08 Å². The van der Waals surface area contributed by atoms with Gasteiger partial charge < -0.3 is 9.40 Å². The number of hydrogen-bond acceptors (Lipinski definition) is 3. The number of carbonyl (C=O) groups is 1. The molecule has 0 spiro atoms. The molecule has 0 aromatic carbocycles. The summed E-state index contributed by atoms with van der Waals surface area (Å²) in [6, 6.07) is 0. The van der Waals surface area contributed by atoms with Crippen molar-refractivity contribution in [3.8, 4) is 0 Å². The Bertz CT molecular complexity index is 154. The predicted octanol–water partition coefficient (Wildman–Crippen LogP) is 1.40. The van der Waals surface area contributed by atoms with E-state index in [-0.39, 0.29) is 6.61 Å². The fraction of sp³-hybridized carbons (Fsp3) is 0.571. The highest BCUT2D eigenvalue weighted by molar-refractivity contribution is 6.15. The molecule has 0 unspecified atom stereocenters. The van der Waals surface area contributed by atoms with Crippen LogP contribution < -0.4 is 0 Å². The number of halogens is 1. The SMILES string of the molecule is CC(=CCCCO)C(=O)OCl. The second-order valence-corrected chi connectivity index (χ2v) is 2.27. The average Bonchev–Trinajstić information content (AvgIpc) is 2.03. The predicted molar refractivity (Wildman–Crippen MR) is 42.0 cm³/mol. The smallest absolute Gasteiger partial charge is 0.351 e. The van der Waals surface area contributed by atoms with Crippen LogP contribution in [0.15, 0.2) is 11.6 Å². The summed E-state index contributed by atoms with van der Waals surface area (Å²) >= 11 is 4.82. The Balaban J connectivity index is 3.71. The average molecular weight is 179 g/mol. The van der Waals surface area contributed by atoms with Crippen molar-refractivity contribution >= 4 is 17.8 Å². The Labute approximate surface area is 70.8 Å². The minimum atomic E-state index is -0.537. The highest BCUT2D eigenvalue weighted by Gasteiger charge is 2.02. The summed E-state index contributed by atoms with van der Waals surface area (Å²) in [7, 11) is 0. The van der Waals surface area contributed by atoms with Crippen LogP contribution in [0.25, 0.3) is 0 Å². The van der Waals surface area contributed by atoms with E-state index in [4.69, 9.17) is 17.0 Å².